The van der Waals surface area contributed by atoms with Gasteiger partial charge >= 0.3 is 6.18 Å². The van der Waals surface area contributed by atoms with Crippen molar-refractivity contribution >= 4 is 35.1 Å². The Morgan fingerprint density at radius 2 is 1.60 bits per heavy atom. The minimum atomic E-state index is -4.88. The number of phenols is 1. The summed E-state index contributed by atoms with van der Waals surface area (Å²) in [5.74, 6) is -4.25. The fourth-order valence-corrected chi connectivity index (χ4v) is 3.77. The molecule has 0 bridgehead atoms. The Morgan fingerprint density at radius 1 is 0.900 bits per heavy atom. The van der Waals surface area contributed by atoms with Gasteiger partial charge < -0.3 is 21.1 Å². The molecule has 0 spiro atoms. The minimum absolute atomic E-state index is 0.0399. The van der Waals surface area contributed by atoms with Crippen molar-refractivity contribution in [2.45, 2.75) is 25.7 Å². The summed E-state index contributed by atoms with van der Waals surface area (Å²) in [5.41, 5.74) is -1.30. The Balaban J connectivity index is 1.64. The van der Waals surface area contributed by atoms with Crippen molar-refractivity contribution in [2.75, 3.05) is 6.54 Å². The Bertz CT molecular complexity index is 1460. The van der Waals surface area contributed by atoms with E-state index < -0.39 is 59.2 Å². The number of hydrogen-bond acceptors (Lipinski definition) is 5. The van der Waals surface area contributed by atoms with Crippen LogP contribution in [0.3, 0.4) is 0 Å². The molecule has 0 aromatic heterocycles. The van der Waals surface area contributed by atoms with Gasteiger partial charge in [-0.3, -0.25) is 19.2 Å². The van der Waals surface area contributed by atoms with E-state index in [4.69, 9.17) is 11.6 Å². The van der Waals surface area contributed by atoms with Gasteiger partial charge in [0.2, 0.25) is 0 Å². The van der Waals surface area contributed by atoms with Crippen LogP contribution in [0.25, 0.3) is 0 Å². The van der Waals surface area contributed by atoms with Crippen LogP contribution < -0.4 is 16.0 Å². The Hall–Kier alpha value is -4.45. The van der Waals surface area contributed by atoms with Crippen molar-refractivity contribution in [2.24, 2.45) is 0 Å². The largest absolute Gasteiger partial charge is 0.508 e. The van der Waals surface area contributed by atoms with Crippen LogP contribution in [0.5, 0.6) is 5.75 Å². The van der Waals surface area contributed by atoms with Crippen molar-refractivity contribution in [3.8, 4) is 5.75 Å². The van der Waals surface area contributed by atoms with E-state index in [0.717, 1.165) is 6.92 Å². The van der Waals surface area contributed by atoms with E-state index in [-0.39, 0.29) is 34.5 Å². The van der Waals surface area contributed by atoms with Crippen LogP contribution in [-0.2, 0) is 17.5 Å². The highest BCUT2D eigenvalue weighted by atomic mass is 35.5. The summed E-state index contributed by atoms with van der Waals surface area (Å²) in [5, 5.41) is 16.6. The second-order valence-electron chi connectivity index (χ2n) is 8.62. The van der Waals surface area contributed by atoms with E-state index in [1.54, 1.807) is 12.1 Å². The molecule has 3 amide bonds. The number of carbonyl (C=O) groups is 4. The highest BCUT2D eigenvalue weighted by molar-refractivity contribution is 6.34. The first kappa shape index (κ1) is 30.1. The summed E-state index contributed by atoms with van der Waals surface area (Å²) in [6.45, 7) is 0.722. The minimum Gasteiger partial charge on any atom is -0.508 e. The molecule has 3 aromatic carbocycles. The van der Waals surface area contributed by atoms with Gasteiger partial charge in [-0.15, -0.1) is 0 Å². The summed E-state index contributed by atoms with van der Waals surface area (Å²) in [6, 6.07) is 10.1. The molecule has 0 aliphatic carbocycles. The Morgan fingerprint density at radius 3 is 2.23 bits per heavy atom. The van der Waals surface area contributed by atoms with E-state index in [1.807, 2.05) is 0 Å². The van der Waals surface area contributed by atoms with Crippen LogP contribution >= 0.6 is 11.6 Å². The second-order valence-corrected chi connectivity index (χ2v) is 9.03. The molecule has 0 fully saturated rings. The van der Waals surface area contributed by atoms with Gasteiger partial charge in [0.05, 0.1) is 16.1 Å². The lowest BCUT2D eigenvalue weighted by molar-refractivity contribution is -0.137. The highest BCUT2D eigenvalue weighted by Gasteiger charge is 2.32. The number of carbonyl (C=O) groups excluding carboxylic acids is 4. The summed E-state index contributed by atoms with van der Waals surface area (Å²) in [7, 11) is 0. The van der Waals surface area contributed by atoms with Gasteiger partial charge in [0.15, 0.2) is 5.78 Å². The molecule has 0 unspecified atom stereocenters. The molecule has 4 N–H and O–H groups in total. The van der Waals surface area contributed by atoms with Crippen LogP contribution in [0.2, 0.25) is 5.02 Å². The maximum absolute atomic E-state index is 13.6. The van der Waals surface area contributed by atoms with E-state index >= 15 is 0 Å². The van der Waals surface area contributed by atoms with Crippen molar-refractivity contribution < 1.29 is 41.8 Å². The smallest absolute Gasteiger partial charge is 0.416 e. The molecule has 13 heteroatoms. The summed E-state index contributed by atoms with van der Waals surface area (Å²) < 4.78 is 52.4. The number of amides is 3. The average molecular weight is 580 g/mol. The molecule has 0 saturated heterocycles. The summed E-state index contributed by atoms with van der Waals surface area (Å²) in [4.78, 5) is 49.6. The normalized spacial score (nSPS) is 11.8. The zero-order valence-electron chi connectivity index (χ0n) is 20.7. The van der Waals surface area contributed by atoms with Crippen LogP contribution in [0.15, 0.2) is 60.7 Å². The zero-order chi connectivity index (χ0) is 29.6. The first-order chi connectivity index (χ1) is 18.7. The molecule has 8 nitrogen and oxygen atoms in total. The lowest BCUT2D eigenvalue weighted by Gasteiger charge is -2.18. The summed E-state index contributed by atoms with van der Waals surface area (Å²) >= 11 is 6.19. The molecular formula is C27H22ClF4N3O5. The third kappa shape index (κ3) is 8.03. The van der Waals surface area contributed by atoms with E-state index in [1.165, 1.54) is 30.3 Å². The molecule has 3 aromatic rings. The van der Waals surface area contributed by atoms with Crippen LogP contribution in [0.1, 0.15) is 49.1 Å². The van der Waals surface area contributed by atoms with Gasteiger partial charge in [-0.05, 0) is 61.0 Å². The van der Waals surface area contributed by atoms with Gasteiger partial charge in [0.25, 0.3) is 17.7 Å². The third-order valence-corrected chi connectivity index (χ3v) is 5.90. The van der Waals surface area contributed by atoms with Gasteiger partial charge in [-0.25, -0.2) is 4.39 Å². The van der Waals surface area contributed by atoms with Crippen molar-refractivity contribution in [3.63, 3.8) is 0 Å². The quantitative estimate of drug-likeness (QED) is 0.282. The monoisotopic (exact) mass is 579 g/mol. The van der Waals surface area contributed by atoms with Crippen molar-refractivity contribution in [1.82, 2.24) is 16.0 Å². The molecule has 40 heavy (non-hydrogen) atoms. The second kappa shape index (κ2) is 12.6. The number of ketones is 1. The number of halogens is 5. The van der Waals surface area contributed by atoms with Crippen molar-refractivity contribution in [3.05, 3.63) is 99.3 Å². The first-order valence-corrected chi connectivity index (χ1v) is 12.0. The number of nitrogens with one attached hydrogen (secondary N) is 3. The number of hydrogen-bond donors (Lipinski definition) is 4. The molecule has 210 valence electrons. The zero-order valence-corrected chi connectivity index (χ0v) is 21.5. The van der Waals surface area contributed by atoms with E-state index in [2.05, 4.69) is 16.0 Å². The number of alkyl halides is 3. The molecule has 3 rings (SSSR count). The average Bonchev–Trinajstić information content (AvgIpc) is 2.88. The topological polar surface area (TPSA) is 125 Å². The van der Waals surface area contributed by atoms with Gasteiger partial charge in [-0.1, -0.05) is 23.7 Å². The first-order valence-electron chi connectivity index (χ1n) is 11.6. The fourth-order valence-electron chi connectivity index (χ4n) is 3.50. The highest BCUT2D eigenvalue weighted by Crippen LogP contribution is 2.30. The molecule has 0 aliphatic rings. The third-order valence-electron chi connectivity index (χ3n) is 5.59. The Labute approximate surface area is 230 Å². The molecular weight excluding hydrogens is 558 g/mol. The predicted molar refractivity (Wildman–Crippen MR) is 136 cm³/mol. The number of benzene rings is 3. The lowest BCUT2D eigenvalue weighted by Crippen LogP contribution is -2.47. The number of rotatable bonds is 9. The molecule has 0 radical (unpaired) electrons. The maximum atomic E-state index is 13.6. The van der Waals surface area contributed by atoms with E-state index in [0.29, 0.717) is 17.7 Å². The molecule has 0 heterocycles. The number of Topliss-reactive ketones (excluding diaryl/α,β-unsaturated/α-hetero) is 1. The number of aromatic hydroxyl groups is 1. The standard InChI is InChI=1S/C27H22ClF4N3O5/c1-14(36)23(13-34-25(39)17-8-18(27(30,31)32)11-19(29)9-17)35-26(40)21-6-5-16(10-22(21)28)24(38)33-12-15-3-2-4-20(37)7-15/h2-11,23,37H,12-13H2,1H3,(H,33,38)(H,34,39)(H,35,40)/t23-/m0/s1. The van der Waals surface area contributed by atoms with Gasteiger partial charge in [0, 0.05) is 24.2 Å². The van der Waals surface area contributed by atoms with Crippen molar-refractivity contribution in [1.29, 1.82) is 0 Å². The lowest BCUT2D eigenvalue weighted by atomic mass is 10.1. The molecule has 1 atom stereocenters. The molecule has 0 aliphatic heterocycles. The van der Waals surface area contributed by atoms with Crippen LogP contribution in [0.4, 0.5) is 17.6 Å². The van der Waals surface area contributed by atoms with Gasteiger partial charge in [0.1, 0.15) is 17.6 Å². The summed E-state index contributed by atoms with van der Waals surface area (Å²) in [6.07, 6.45) is -4.88. The SMILES string of the molecule is CC(=O)[C@H](CNC(=O)c1cc(F)cc(C(F)(F)F)c1)NC(=O)c1ccc(C(=O)NCc2cccc(O)c2)cc1Cl. The van der Waals surface area contributed by atoms with Gasteiger partial charge in [-0.2, -0.15) is 13.2 Å². The van der Waals surface area contributed by atoms with Crippen LogP contribution in [0, 0.1) is 5.82 Å². The maximum Gasteiger partial charge on any atom is 0.416 e. The predicted octanol–water partition coefficient (Wildman–Crippen LogP) is 4.25. The Kier molecular flexibility index (Phi) is 9.48. The fraction of sp³-hybridized carbons (Fsp3) is 0.185. The number of phenolic OH excluding ortho intramolecular Hbond substituents is 1. The van der Waals surface area contributed by atoms with Crippen LogP contribution in [-0.4, -0.2) is 41.2 Å². The molecule has 0 saturated carbocycles. The van der Waals surface area contributed by atoms with E-state index in [9.17, 15) is 41.8 Å².